The highest BCUT2D eigenvalue weighted by molar-refractivity contribution is 6.07. The maximum atomic E-state index is 12.8. The highest BCUT2D eigenvalue weighted by Gasteiger charge is 2.06. The third-order valence-electron chi connectivity index (χ3n) is 2.78. The smallest absolute Gasteiger partial charge is 0.189 e. The molecule has 1 N–H and O–H groups in total. The first-order valence-corrected chi connectivity index (χ1v) is 5.95. The van der Waals surface area contributed by atoms with Crippen LogP contribution in [0, 0.1) is 5.82 Å². The first kappa shape index (κ1) is 13.8. The number of benzene rings is 2. The highest BCUT2D eigenvalue weighted by atomic mass is 19.1. The Morgan fingerprint density at radius 3 is 2.15 bits per heavy atom. The van der Waals surface area contributed by atoms with E-state index in [1.807, 2.05) is 0 Å². The van der Waals surface area contributed by atoms with Crippen molar-refractivity contribution in [2.24, 2.45) is 0 Å². The molecule has 0 unspecified atom stereocenters. The molecule has 3 nitrogen and oxygen atoms in total. The van der Waals surface area contributed by atoms with Crippen LogP contribution >= 0.6 is 0 Å². The molecule has 0 saturated heterocycles. The molecule has 0 atom stereocenters. The van der Waals surface area contributed by atoms with Crippen LogP contribution in [-0.4, -0.2) is 18.0 Å². The van der Waals surface area contributed by atoms with Gasteiger partial charge in [-0.3, -0.25) is 4.79 Å². The number of aliphatic hydroxyl groups is 1. The van der Waals surface area contributed by atoms with Gasteiger partial charge in [0.15, 0.2) is 5.78 Å². The fourth-order valence-electron chi connectivity index (χ4n) is 1.67. The van der Waals surface area contributed by atoms with Gasteiger partial charge in [0.25, 0.3) is 0 Å². The number of methoxy groups -OCH3 is 1. The van der Waals surface area contributed by atoms with Gasteiger partial charge in [0, 0.05) is 17.2 Å². The molecular weight excluding hydrogens is 259 g/mol. The number of allylic oxidation sites excluding steroid dienone is 1. The Kier molecular flexibility index (Phi) is 4.15. The summed E-state index contributed by atoms with van der Waals surface area (Å²) in [7, 11) is 1.54. The Balaban J connectivity index is 2.20. The van der Waals surface area contributed by atoms with E-state index >= 15 is 0 Å². The molecule has 0 aliphatic carbocycles. The van der Waals surface area contributed by atoms with Gasteiger partial charge < -0.3 is 9.84 Å². The zero-order valence-corrected chi connectivity index (χ0v) is 10.8. The topological polar surface area (TPSA) is 46.5 Å². The molecule has 4 heteroatoms. The van der Waals surface area contributed by atoms with Gasteiger partial charge in [0.05, 0.1) is 7.11 Å². The molecule has 0 amide bonds. The van der Waals surface area contributed by atoms with E-state index < -0.39 is 11.6 Å². The summed E-state index contributed by atoms with van der Waals surface area (Å²) < 4.78 is 17.8. The second kappa shape index (κ2) is 6.02. The summed E-state index contributed by atoms with van der Waals surface area (Å²) in [5, 5.41) is 9.90. The van der Waals surface area contributed by atoms with Gasteiger partial charge in [-0.25, -0.2) is 4.39 Å². The second-order valence-corrected chi connectivity index (χ2v) is 4.13. The van der Waals surface area contributed by atoms with E-state index in [9.17, 15) is 14.3 Å². The first-order valence-electron chi connectivity index (χ1n) is 5.95. The van der Waals surface area contributed by atoms with Gasteiger partial charge in [-0.05, 0) is 48.5 Å². The van der Waals surface area contributed by atoms with Crippen LogP contribution in [-0.2, 0) is 0 Å². The van der Waals surface area contributed by atoms with Crippen molar-refractivity contribution in [2.75, 3.05) is 7.11 Å². The van der Waals surface area contributed by atoms with Crippen molar-refractivity contribution in [3.05, 3.63) is 71.6 Å². The molecule has 2 rings (SSSR count). The molecule has 0 heterocycles. The van der Waals surface area contributed by atoms with Crippen molar-refractivity contribution in [1.82, 2.24) is 0 Å². The number of rotatable bonds is 4. The Hall–Kier alpha value is -2.62. The minimum atomic E-state index is -0.412. The fourth-order valence-corrected chi connectivity index (χ4v) is 1.67. The number of hydrogen-bond donors (Lipinski definition) is 1. The van der Waals surface area contributed by atoms with Gasteiger partial charge in [-0.2, -0.15) is 0 Å². The minimum Gasteiger partial charge on any atom is -0.507 e. The molecule has 0 spiro atoms. The zero-order chi connectivity index (χ0) is 14.5. The summed E-state index contributed by atoms with van der Waals surface area (Å²) in [6.45, 7) is 0. The van der Waals surface area contributed by atoms with Crippen molar-refractivity contribution in [2.45, 2.75) is 0 Å². The zero-order valence-electron chi connectivity index (χ0n) is 10.8. The van der Waals surface area contributed by atoms with Crippen molar-refractivity contribution in [3.8, 4) is 5.75 Å². The number of halogens is 1. The van der Waals surface area contributed by atoms with Crippen LogP contribution in [0.25, 0.3) is 5.76 Å². The molecule has 0 aliphatic rings. The average molecular weight is 272 g/mol. The van der Waals surface area contributed by atoms with Gasteiger partial charge >= 0.3 is 0 Å². The van der Waals surface area contributed by atoms with Gasteiger partial charge in [-0.1, -0.05) is 0 Å². The normalized spacial score (nSPS) is 11.2. The van der Waals surface area contributed by atoms with Gasteiger partial charge in [-0.15, -0.1) is 0 Å². The van der Waals surface area contributed by atoms with E-state index in [0.29, 0.717) is 16.9 Å². The van der Waals surface area contributed by atoms with Crippen molar-refractivity contribution < 1.29 is 19.0 Å². The van der Waals surface area contributed by atoms with E-state index in [2.05, 4.69) is 0 Å². The van der Waals surface area contributed by atoms with E-state index in [0.717, 1.165) is 6.08 Å². The van der Waals surface area contributed by atoms with Crippen LogP contribution in [0.2, 0.25) is 0 Å². The summed E-state index contributed by atoms with van der Waals surface area (Å²) >= 11 is 0. The number of aliphatic hydroxyl groups excluding tert-OH is 1. The molecule has 0 aromatic heterocycles. The summed E-state index contributed by atoms with van der Waals surface area (Å²) in [5.74, 6) is -0.295. The molecule has 2 aromatic rings. The fraction of sp³-hybridized carbons (Fsp3) is 0.0625. The van der Waals surface area contributed by atoms with Crippen LogP contribution in [0.15, 0.2) is 54.6 Å². The maximum absolute atomic E-state index is 12.8. The predicted octanol–water partition coefficient (Wildman–Crippen LogP) is 3.62. The third kappa shape index (κ3) is 3.23. The summed E-state index contributed by atoms with van der Waals surface area (Å²) in [6.07, 6.45) is 1.11. The average Bonchev–Trinajstić information content (AvgIpc) is 2.48. The van der Waals surface area contributed by atoms with Crippen LogP contribution in [0.3, 0.4) is 0 Å². The number of carbonyl (C=O) groups is 1. The largest absolute Gasteiger partial charge is 0.507 e. The number of carbonyl (C=O) groups excluding carboxylic acids is 1. The SMILES string of the molecule is COc1ccc(C(O)=CC(=O)c2ccc(F)cc2)cc1. The van der Waals surface area contributed by atoms with Crippen LogP contribution in [0.1, 0.15) is 15.9 Å². The van der Waals surface area contributed by atoms with E-state index in [4.69, 9.17) is 4.74 Å². The lowest BCUT2D eigenvalue weighted by Gasteiger charge is -2.03. The van der Waals surface area contributed by atoms with E-state index in [-0.39, 0.29) is 5.76 Å². The molecule has 2 aromatic carbocycles. The van der Waals surface area contributed by atoms with E-state index in [1.54, 1.807) is 31.4 Å². The lowest BCUT2D eigenvalue weighted by Crippen LogP contribution is -1.96. The standard InChI is InChI=1S/C16H13FO3/c1-20-14-8-4-12(5-9-14)16(19)10-15(18)11-2-6-13(17)7-3-11/h2-10,19H,1H3. The predicted molar refractivity (Wildman–Crippen MR) is 74.3 cm³/mol. The van der Waals surface area contributed by atoms with Crippen LogP contribution < -0.4 is 4.74 Å². The lowest BCUT2D eigenvalue weighted by atomic mass is 10.1. The molecule has 0 aliphatic heterocycles. The molecule has 0 saturated carbocycles. The minimum absolute atomic E-state index is 0.151. The molecule has 0 bridgehead atoms. The van der Waals surface area contributed by atoms with Crippen molar-refractivity contribution in [1.29, 1.82) is 0 Å². The number of ketones is 1. The quantitative estimate of drug-likeness (QED) is 0.525. The molecule has 20 heavy (non-hydrogen) atoms. The second-order valence-electron chi connectivity index (χ2n) is 4.13. The lowest BCUT2D eigenvalue weighted by molar-refractivity contribution is 0.104. The molecule has 0 radical (unpaired) electrons. The van der Waals surface area contributed by atoms with Crippen LogP contribution in [0.4, 0.5) is 4.39 Å². The van der Waals surface area contributed by atoms with Crippen molar-refractivity contribution in [3.63, 3.8) is 0 Å². The first-order chi connectivity index (χ1) is 9.60. The summed E-state index contributed by atoms with van der Waals surface area (Å²) in [5.41, 5.74) is 0.813. The molecule has 102 valence electrons. The summed E-state index contributed by atoms with van der Waals surface area (Å²) in [4.78, 5) is 11.9. The maximum Gasteiger partial charge on any atom is 0.189 e. The third-order valence-corrected chi connectivity index (χ3v) is 2.78. The Morgan fingerprint density at radius 1 is 1.05 bits per heavy atom. The Labute approximate surface area is 115 Å². The van der Waals surface area contributed by atoms with Gasteiger partial charge in [0.1, 0.15) is 17.3 Å². The van der Waals surface area contributed by atoms with Gasteiger partial charge in [0.2, 0.25) is 0 Å². The Bertz CT molecular complexity index is 628. The van der Waals surface area contributed by atoms with E-state index in [1.165, 1.54) is 24.3 Å². The summed E-state index contributed by atoms with van der Waals surface area (Å²) in [6, 6.07) is 11.8. The monoisotopic (exact) mass is 272 g/mol. The molecular formula is C16H13FO3. The van der Waals surface area contributed by atoms with Crippen LogP contribution in [0.5, 0.6) is 5.75 Å². The highest BCUT2D eigenvalue weighted by Crippen LogP contribution is 2.17. The number of hydrogen-bond acceptors (Lipinski definition) is 3. The van der Waals surface area contributed by atoms with Crippen molar-refractivity contribution >= 4 is 11.5 Å². The molecule has 0 fully saturated rings. The Morgan fingerprint density at radius 2 is 1.60 bits per heavy atom. The number of ether oxygens (including phenoxy) is 1.